The zero-order chi connectivity index (χ0) is 20.4. The van der Waals surface area contributed by atoms with Crippen LogP contribution in [-0.4, -0.2) is 27.3 Å². The largest absolute Gasteiger partial charge is 0.490 e. The fourth-order valence-electron chi connectivity index (χ4n) is 3.29. The Labute approximate surface area is 177 Å². The number of aromatic nitrogens is 3. The molecule has 0 unspecified atom stereocenters. The van der Waals surface area contributed by atoms with Gasteiger partial charge in [-0.05, 0) is 53.0 Å². The zero-order valence-corrected chi connectivity index (χ0v) is 17.8. The number of nitrogens with zero attached hydrogens (tertiary/aromatic N) is 3. The number of rotatable bonds is 6. The highest BCUT2D eigenvalue weighted by atomic mass is 79.9. The molecule has 2 aromatic carbocycles. The molecule has 0 spiro atoms. The van der Waals surface area contributed by atoms with Gasteiger partial charge in [-0.15, -0.1) is 0 Å². The summed E-state index contributed by atoms with van der Waals surface area (Å²) in [4.78, 5) is 16.2. The minimum atomic E-state index is -0.261. The molecule has 1 atom stereocenters. The second-order valence-electron chi connectivity index (χ2n) is 6.83. The van der Waals surface area contributed by atoms with Crippen molar-refractivity contribution in [3.05, 3.63) is 63.9 Å². The van der Waals surface area contributed by atoms with Crippen LogP contribution in [0.15, 0.2) is 47.2 Å². The highest BCUT2D eigenvalue weighted by Gasteiger charge is 2.29. The molecule has 1 amide bonds. The lowest BCUT2D eigenvalue weighted by molar-refractivity contribution is -0.117. The summed E-state index contributed by atoms with van der Waals surface area (Å²) in [5.41, 5.74) is 3.17. The summed E-state index contributed by atoms with van der Waals surface area (Å²) in [6.07, 6.45) is 1.71. The van der Waals surface area contributed by atoms with E-state index in [-0.39, 0.29) is 18.4 Å². The third-order valence-corrected chi connectivity index (χ3v) is 5.31. The van der Waals surface area contributed by atoms with E-state index in [1.807, 2.05) is 31.2 Å². The molecule has 0 saturated heterocycles. The summed E-state index contributed by atoms with van der Waals surface area (Å²) >= 11 is 3.61. The van der Waals surface area contributed by atoms with Crippen molar-refractivity contribution in [2.24, 2.45) is 0 Å². The van der Waals surface area contributed by atoms with Crippen LogP contribution in [0.3, 0.4) is 0 Å². The Morgan fingerprint density at radius 1 is 1.24 bits per heavy atom. The Kier molecular flexibility index (Phi) is 5.53. The maximum Gasteiger partial charge on any atom is 0.229 e. The van der Waals surface area contributed by atoms with Crippen LogP contribution in [0.1, 0.15) is 36.1 Å². The number of aryl methyl sites for hydroxylation is 1. The number of hydrogen-bond acceptors (Lipinski definition) is 5. The third kappa shape index (κ3) is 4.12. The Morgan fingerprint density at radius 3 is 2.79 bits per heavy atom. The van der Waals surface area contributed by atoms with Crippen LogP contribution < -0.4 is 14.8 Å². The summed E-state index contributed by atoms with van der Waals surface area (Å²) in [5, 5.41) is 6.99. The van der Waals surface area contributed by atoms with Gasteiger partial charge in [0, 0.05) is 0 Å². The molecule has 0 fully saturated rings. The topological polar surface area (TPSA) is 78.3 Å². The average Bonchev–Trinajstić information content (AvgIpc) is 3.16. The van der Waals surface area contributed by atoms with E-state index in [0.717, 1.165) is 15.6 Å². The van der Waals surface area contributed by atoms with Crippen molar-refractivity contribution in [2.45, 2.75) is 32.9 Å². The number of fused-ring (bicyclic) bond motifs is 1. The van der Waals surface area contributed by atoms with Crippen molar-refractivity contribution in [3.63, 3.8) is 0 Å². The van der Waals surface area contributed by atoms with Crippen LogP contribution in [0.4, 0.5) is 5.95 Å². The molecule has 2 heterocycles. The number of carbonyl (C=O) groups excluding carboxylic acids is 1. The molecule has 7 nitrogen and oxygen atoms in total. The molecule has 29 heavy (non-hydrogen) atoms. The van der Waals surface area contributed by atoms with E-state index < -0.39 is 0 Å². The fourth-order valence-corrected chi connectivity index (χ4v) is 3.86. The van der Waals surface area contributed by atoms with Gasteiger partial charge < -0.3 is 9.47 Å². The van der Waals surface area contributed by atoms with Crippen molar-refractivity contribution >= 4 is 27.8 Å². The van der Waals surface area contributed by atoms with Gasteiger partial charge >= 0.3 is 0 Å². The molecule has 1 N–H and O–H groups in total. The minimum absolute atomic E-state index is 0.0933. The number of amides is 1. The van der Waals surface area contributed by atoms with Crippen LogP contribution in [0.5, 0.6) is 11.5 Å². The number of carbonyl (C=O) groups is 1. The monoisotopic (exact) mass is 456 g/mol. The van der Waals surface area contributed by atoms with Gasteiger partial charge in [0.15, 0.2) is 11.5 Å². The Balaban J connectivity index is 1.65. The van der Waals surface area contributed by atoms with E-state index in [1.165, 1.54) is 11.9 Å². The first-order valence-corrected chi connectivity index (χ1v) is 10.2. The van der Waals surface area contributed by atoms with Crippen molar-refractivity contribution in [3.8, 4) is 11.5 Å². The number of nitrogens with one attached hydrogen (secondary N) is 1. The first-order chi connectivity index (χ1) is 14.0. The predicted octanol–water partition coefficient (Wildman–Crippen LogP) is 4.26. The molecule has 3 aromatic rings. The number of anilines is 1. The Bertz CT molecular complexity index is 1030. The molecule has 8 heteroatoms. The minimum Gasteiger partial charge on any atom is -0.490 e. The first kappa shape index (κ1) is 19.4. The Morgan fingerprint density at radius 2 is 2.03 bits per heavy atom. The van der Waals surface area contributed by atoms with Gasteiger partial charge in [-0.3, -0.25) is 10.1 Å². The summed E-state index contributed by atoms with van der Waals surface area (Å²) in [6, 6.07) is 11.8. The van der Waals surface area contributed by atoms with Gasteiger partial charge in [-0.25, -0.2) is 4.68 Å². The molecule has 1 aromatic heterocycles. The van der Waals surface area contributed by atoms with E-state index in [4.69, 9.17) is 9.47 Å². The molecule has 0 aliphatic carbocycles. The number of benzene rings is 2. The lowest BCUT2D eigenvalue weighted by atomic mass is 10.0. The maximum atomic E-state index is 12.1. The fraction of sp³-hybridized carbons (Fsp3) is 0.286. The highest BCUT2D eigenvalue weighted by molar-refractivity contribution is 9.10. The van der Waals surface area contributed by atoms with E-state index >= 15 is 0 Å². The molecule has 1 aliphatic heterocycles. The van der Waals surface area contributed by atoms with Crippen molar-refractivity contribution in [2.75, 3.05) is 11.9 Å². The average molecular weight is 457 g/mol. The van der Waals surface area contributed by atoms with Gasteiger partial charge in [-0.2, -0.15) is 10.1 Å². The smallest absolute Gasteiger partial charge is 0.229 e. The van der Waals surface area contributed by atoms with Crippen LogP contribution >= 0.6 is 15.9 Å². The zero-order valence-electron chi connectivity index (χ0n) is 16.2. The second kappa shape index (κ2) is 8.24. The lowest BCUT2D eigenvalue weighted by Crippen LogP contribution is -2.29. The Hall–Kier alpha value is -2.87. The van der Waals surface area contributed by atoms with Crippen LogP contribution in [0.25, 0.3) is 0 Å². The normalized spacial score (nSPS) is 15.6. The predicted molar refractivity (Wildman–Crippen MR) is 112 cm³/mol. The van der Waals surface area contributed by atoms with E-state index in [1.54, 1.807) is 4.68 Å². The lowest BCUT2D eigenvalue weighted by Gasteiger charge is -2.25. The quantitative estimate of drug-likeness (QED) is 0.599. The molecule has 0 saturated carbocycles. The van der Waals surface area contributed by atoms with Gasteiger partial charge in [-0.1, -0.05) is 29.8 Å². The van der Waals surface area contributed by atoms with Gasteiger partial charge in [0.1, 0.15) is 12.9 Å². The number of ether oxygens (including phenoxy) is 2. The van der Waals surface area contributed by atoms with Gasteiger partial charge in [0.05, 0.1) is 23.5 Å². The number of hydrogen-bond donors (Lipinski definition) is 1. The van der Waals surface area contributed by atoms with E-state index in [9.17, 15) is 4.79 Å². The molecule has 0 radical (unpaired) electrons. The van der Waals surface area contributed by atoms with Crippen LogP contribution in [0, 0.1) is 6.92 Å². The van der Waals surface area contributed by atoms with Crippen LogP contribution in [-0.2, 0) is 11.4 Å². The molecular weight excluding hydrogens is 436 g/mol. The maximum absolute atomic E-state index is 12.1. The third-order valence-electron chi connectivity index (χ3n) is 4.72. The summed E-state index contributed by atoms with van der Waals surface area (Å²) in [7, 11) is 0. The van der Waals surface area contributed by atoms with E-state index in [0.29, 0.717) is 30.7 Å². The van der Waals surface area contributed by atoms with E-state index in [2.05, 4.69) is 50.4 Å². The van der Waals surface area contributed by atoms with Crippen LogP contribution in [0.2, 0.25) is 0 Å². The van der Waals surface area contributed by atoms with Crippen molar-refractivity contribution in [1.29, 1.82) is 0 Å². The number of halogens is 1. The highest BCUT2D eigenvalue weighted by Crippen LogP contribution is 2.41. The summed E-state index contributed by atoms with van der Waals surface area (Å²) in [6.45, 7) is 4.90. The molecule has 0 bridgehead atoms. The SMILES string of the molecule is CCOc1cc([C@@H]2CC(=O)Nc3ncnn32)cc(Br)c1OCc1ccc(C)cc1. The molecule has 150 valence electrons. The summed E-state index contributed by atoms with van der Waals surface area (Å²) in [5.74, 6) is 1.61. The molecular formula is C21H21BrN4O3. The first-order valence-electron chi connectivity index (χ1n) is 9.39. The molecule has 1 aliphatic rings. The van der Waals surface area contributed by atoms with Crippen molar-refractivity contribution < 1.29 is 14.3 Å². The van der Waals surface area contributed by atoms with Gasteiger partial charge in [0.25, 0.3) is 0 Å². The summed E-state index contributed by atoms with van der Waals surface area (Å²) < 4.78 is 14.4. The molecule has 4 rings (SSSR count). The van der Waals surface area contributed by atoms with Crippen molar-refractivity contribution in [1.82, 2.24) is 14.8 Å². The standard InChI is InChI=1S/C21H21BrN4O3/c1-3-28-18-9-15(17-10-19(27)25-21-23-12-24-26(17)21)8-16(22)20(18)29-11-14-6-4-13(2)5-7-14/h4-9,12,17H,3,10-11H2,1-2H3,(H,23,24,25,27)/t17-/m0/s1. The van der Waals surface area contributed by atoms with Gasteiger partial charge in [0.2, 0.25) is 11.9 Å². The second-order valence-corrected chi connectivity index (χ2v) is 7.69.